The Hall–Kier alpha value is -2.15. The van der Waals surface area contributed by atoms with Gasteiger partial charge in [-0.15, -0.1) is 0 Å². The number of nitrogens with zero attached hydrogens (tertiary/aromatic N) is 3. The van der Waals surface area contributed by atoms with Crippen LogP contribution < -0.4 is 5.32 Å². The van der Waals surface area contributed by atoms with Gasteiger partial charge in [-0.3, -0.25) is 10.1 Å². The Kier molecular flexibility index (Phi) is 5.10. The molecule has 0 radical (unpaired) electrons. The molecule has 114 valence electrons. The first-order valence-electron chi connectivity index (χ1n) is 7.15. The van der Waals surface area contributed by atoms with Crippen LogP contribution in [0.25, 0.3) is 11.1 Å². The molecule has 0 bridgehead atoms. The SMILES string of the molecule is CCN(CC)CCCNc1nc2cc([N+](=O)[O-])ccc2o1. The lowest BCUT2D eigenvalue weighted by Gasteiger charge is -2.17. The highest BCUT2D eigenvalue weighted by atomic mass is 16.6. The van der Waals surface area contributed by atoms with E-state index in [0.717, 1.165) is 32.6 Å². The zero-order chi connectivity index (χ0) is 15.2. The minimum atomic E-state index is -0.439. The van der Waals surface area contributed by atoms with Crippen molar-refractivity contribution in [1.29, 1.82) is 0 Å². The Balaban J connectivity index is 1.92. The van der Waals surface area contributed by atoms with Gasteiger partial charge in [0, 0.05) is 18.7 Å². The van der Waals surface area contributed by atoms with E-state index in [2.05, 4.69) is 29.0 Å². The van der Waals surface area contributed by atoms with Gasteiger partial charge < -0.3 is 14.6 Å². The maximum Gasteiger partial charge on any atom is 0.295 e. The molecule has 0 unspecified atom stereocenters. The van der Waals surface area contributed by atoms with Gasteiger partial charge in [-0.25, -0.2) is 0 Å². The number of anilines is 1. The topological polar surface area (TPSA) is 84.4 Å². The van der Waals surface area contributed by atoms with E-state index in [-0.39, 0.29) is 5.69 Å². The number of aromatic nitrogens is 1. The maximum absolute atomic E-state index is 10.7. The third-order valence-corrected chi connectivity index (χ3v) is 3.40. The highest BCUT2D eigenvalue weighted by molar-refractivity contribution is 5.77. The van der Waals surface area contributed by atoms with Crippen LogP contribution in [-0.2, 0) is 0 Å². The van der Waals surface area contributed by atoms with E-state index >= 15 is 0 Å². The molecule has 2 rings (SSSR count). The number of benzene rings is 1. The quantitative estimate of drug-likeness (QED) is 0.457. The van der Waals surface area contributed by atoms with Gasteiger partial charge in [0.25, 0.3) is 11.7 Å². The van der Waals surface area contributed by atoms with Crippen LogP contribution in [0.2, 0.25) is 0 Å². The lowest BCUT2D eigenvalue weighted by atomic mass is 10.3. The van der Waals surface area contributed by atoms with E-state index in [0.29, 0.717) is 17.1 Å². The predicted octanol–water partition coefficient (Wildman–Crippen LogP) is 2.88. The number of oxazole rings is 1. The molecule has 1 N–H and O–H groups in total. The van der Waals surface area contributed by atoms with E-state index < -0.39 is 4.92 Å². The number of hydrogen-bond acceptors (Lipinski definition) is 6. The Bertz CT molecular complexity index is 607. The molecule has 0 aliphatic heterocycles. The van der Waals surface area contributed by atoms with Crippen molar-refractivity contribution in [3.05, 3.63) is 28.3 Å². The molecule has 0 amide bonds. The fourth-order valence-electron chi connectivity index (χ4n) is 2.14. The van der Waals surface area contributed by atoms with Crippen LogP contribution in [0, 0.1) is 10.1 Å². The summed E-state index contributed by atoms with van der Waals surface area (Å²) in [5.41, 5.74) is 1.06. The second kappa shape index (κ2) is 7.03. The molecule has 0 spiro atoms. The van der Waals surface area contributed by atoms with Crippen LogP contribution in [0.1, 0.15) is 20.3 Å². The van der Waals surface area contributed by atoms with E-state index in [1.807, 2.05) is 0 Å². The maximum atomic E-state index is 10.7. The van der Waals surface area contributed by atoms with Crippen LogP contribution in [0.5, 0.6) is 0 Å². The van der Waals surface area contributed by atoms with Crippen molar-refractivity contribution in [2.24, 2.45) is 0 Å². The molecule has 0 fully saturated rings. The number of non-ortho nitro benzene ring substituents is 1. The normalized spacial score (nSPS) is 11.2. The average Bonchev–Trinajstić information content (AvgIpc) is 2.89. The number of nitro groups is 1. The Labute approximate surface area is 123 Å². The molecule has 1 aromatic carbocycles. The van der Waals surface area contributed by atoms with Crippen molar-refractivity contribution in [2.45, 2.75) is 20.3 Å². The first kappa shape index (κ1) is 15.2. The number of hydrogen-bond donors (Lipinski definition) is 1. The molecule has 0 atom stereocenters. The summed E-state index contributed by atoms with van der Waals surface area (Å²) in [5, 5.41) is 13.8. The molecule has 7 heteroatoms. The lowest BCUT2D eigenvalue weighted by Crippen LogP contribution is -2.25. The molecule has 0 saturated carbocycles. The summed E-state index contributed by atoms with van der Waals surface area (Å²) < 4.78 is 5.50. The molecule has 0 aliphatic carbocycles. The molecule has 0 saturated heterocycles. The highest BCUT2D eigenvalue weighted by Crippen LogP contribution is 2.23. The summed E-state index contributed by atoms with van der Waals surface area (Å²) >= 11 is 0. The van der Waals surface area contributed by atoms with Crippen molar-refractivity contribution in [1.82, 2.24) is 9.88 Å². The van der Waals surface area contributed by atoms with Crippen LogP contribution in [0.15, 0.2) is 22.6 Å². The van der Waals surface area contributed by atoms with Crippen molar-refractivity contribution in [2.75, 3.05) is 31.5 Å². The monoisotopic (exact) mass is 292 g/mol. The Morgan fingerprint density at radius 3 is 2.81 bits per heavy atom. The minimum absolute atomic E-state index is 0.0175. The predicted molar refractivity (Wildman–Crippen MR) is 81.6 cm³/mol. The summed E-state index contributed by atoms with van der Waals surface area (Å²) in [6.07, 6.45) is 0.987. The van der Waals surface area contributed by atoms with Gasteiger partial charge in [0.2, 0.25) is 0 Å². The molecular formula is C14H20N4O3. The molecule has 2 aromatic rings. The molecule has 21 heavy (non-hydrogen) atoms. The van der Waals surface area contributed by atoms with E-state index in [4.69, 9.17) is 4.42 Å². The highest BCUT2D eigenvalue weighted by Gasteiger charge is 2.11. The number of rotatable bonds is 8. The fourth-order valence-corrected chi connectivity index (χ4v) is 2.14. The second-order valence-corrected chi connectivity index (χ2v) is 4.74. The summed E-state index contributed by atoms with van der Waals surface area (Å²) in [5.74, 6) is 0. The van der Waals surface area contributed by atoms with Crippen LogP contribution in [-0.4, -0.2) is 41.0 Å². The molecule has 0 aliphatic rings. The third kappa shape index (κ3) is 3.91. The smallest absolute Gasteiger partial charge is 0.295 e. The van der Waals surface area contributed by atoms with E-state index in [9.17, 15) is 10.1 Å². The first-order valence-corrected chi connectivity index (χ1v) is 7.15. The first-order chi connectivity index (χ1) is 10.1. The van der Waals surface area contributed by atoms with Crippen molar-refractivity contribution >= 4 is 22.8 Å². The zero-order valence-electron chi connectivity index (χ0n) is 12.3. The third-order valence-electron chi connectivity index (χ3n) is 3.40. The van der Waals surface area contributed by atoms with Gasteiger partial charge in [-0.05, 0) is 32.1 Å². The van der Waals surface area contributed by atoms with Gasteiger partial charge in [-0.2, -0.15) is 4.98 Å². The number of nitro benzene ring substituents is 1. The number of nitrogens with one attached hydrogen (secondary N) is 1. The largest absolute Gasteiger partial charge is 0.424 e. The Morgan fingerprint density at radius 1 is 1.38 bits per heavy atom. The standard InChI is InChI=1S/C14H20N4O3/c1-3-17(4-2)9-5-8-15-14-16-12-10-11(18(19)20)6-7-13(12)21-14/h6-7,10H,3-5,8-9H2,1-2H3,(H,15,16). The fraction of sp³-hybridized carbons (Fsp3) is 0.500. The van der Waals surface area contributed by atoms with Crippen molar-refractivity contribution in [3.63, 3.8) is 0 Å². The average molecular weight is 292 g/mol. The van der Waals surface area contributed by atoms with E-state index in [1.54, 1.807) is 6.07 Å². The second-order valence-electron chi connectivity index (χ2n) is 4.74. The van der Waals surface area contributed by atoms with Gasteiger partial charge in [0.05, 0.1) is 4.92 Å². The van der Waals surface area contributed by atoms with Crippen LogP contribution >= 0.6 is 0 Å². The summed E-state index contributed by atoms with van der Waals surface area (Å²) in [6.45, 7) is 8.15. The zero-order valence-corrected chi connectivity index (χ0v) is 12.3. The van der Waals surface area contributed by atoms with Gasteiger partial charge >= 0.3 is 0 Å². The molecule has 1 heterocycles. The summed E-state index contributed by atoms with van der Waals surface area (Å²) in [6, 6.07) is 4.81. The lowest BCUT2D eigenvalue weighted by molar-refractivity contribution is -0.384. The summed E-state index contributed by atoms with van der Waals surface area (Å²) in [4.78, 5) is 16.8. The minimum Gasteiger partial charge on any atom is -0.424 e. The van der Waals surface area contributed by atoms with Crippen molar-refractivity contribution < 1.29 is 9.34 Å². The molecular weight excluding hydrogens is 272 g/mol. The van der Waals surface area contributed by atoms with Crippen LogP contribution in [0.3, 0.4) is 0 Å². The van der Waals surface area contributed by atoms with E-state index in [1.165, 1.54) is 12.1 Å². The van der Waals surface area contributed by atoms with Gasteiger partial charge in [0.1, 0.15) is 5.52 Å². The summed E-state index contributed by atoms with van der Waals surface area (Å²) in [7, 11) is 0. The van der Waals surface area contributed by atoms with Crippen molar-refractivity contribution in [3.8, 4) is 0 Å². The molecule has 1 aromatic heterocycles. The Morgan fingerprint density at radius 2 is 2.14 bits per heavy atom. The van der Waals surface area contributed by atoms with Gasteiger partial charge in [-0.1, -0.05) is 13.8 Å². The van der Waals surface area contributed by atoms with Gasteiger partial charge in [0.15, 0.2) is 5.58 Å². The molecule has 7 nitrogen and oxygen atoms in total. The number of fused-ring (bicyclic) bond motifs is 1. The van der Waals surface area contributed by atoms with Crippen LogP contribution in [0.4, 0.5) is 11.7 Å².